The number of carbonyl (C=O) groups is 2. The molecule has 0 radical (unpaired) electrons. The van der Waals surface area contributed by atoms with Gasteiger partial charge in [-0.3, -0.25) is 24.4 Å². The van der Waals surface area contributed by atoms with E-state index in [1.807, 2.05) is 0 Å². The van der Waals surface area contributed by atoms with Gasteiger partial charge in [-0.25, -0.2) is 8.42 Å². The summed E-state index contributed by atoms with van der Waals surface area (Å²) in [7, 11) is -2.48. The molecular formula is C22H18BrN3O7S. The van der Waals surface area contributed by atoms with Crippen LogP contribution in [0.5, 0.6) is 5.75 Å². The lowest BCUT2D eigenvalue weighted by atomic mass is 10.1. The van der Waals surface area contributed by atoms with Crippen molar-refractivity contribution in [2.75, 3.05) is 17.1 Å². The van der Waals surface area contributed by atoms with Gasteiger partial charge < -0.3 is 10.1 Å². The van der Waals surface area contributed by atoms with Crippen molar-refractivity contribution >= 4 is 54.7 Å². The van der Waals surface area contributed by atoms with Crippen LogP contribution in [0.15, 0.2) is 76.1 Å². The molecular weight excluding hydrogens is 530 g/mol. The third-order valence-corrected chi connectivity index (χ3v) is 6.55. The number of non-ortho nitro benzene ring substituents is 1. The van der Waals surface area contributed by atoms with Crippen LogP contribution >= 0.6 is 15.9 Å². The van der Waals surface area contributed by atoms with E-state index in [4.69, 9.17) is 4.74 Å². The van der Waals surface area contributed by atoms with E-state index in [1.54, 1.807) is 12.1 Å². The molecule has 3 rings (SSSR count). The molecule has 0 heterocycles. The summed E-state index contributed by atoms with van der Waals surface area (Å²) in [6.45, 7) is 0. The smallest absolute Gasteiger partial charge is 0.269 e. The number of ether oxygens (including phenoxy) is 1. The molecule has 0 atom stereocenters. The number of rotatable bonds is 9. The summed E-state index contributed by atoms with van der Waals surface area (Å²) in [5, 5.41) is 13.2. The largest absolute Gasteiger partial charge is 0.496 e. The number of anilines is 2. The monoisotopic (exact) mass is 547 g/mol. The minimum absolute atomic E-state index is 0.0982. The van der Waals surface area contributed by atoms with Crippen molar-refractivity contribution in [3.8, 4) is 5.75 Å². The van der Waals surface area contributed by atoms with Crippen LogP contribution in [0.1, 0.15) is 16.8 Å². The zero-order chi connectivity index (χ0) is 24.9. The number of hydrogen-bond donors (Lipinski definition) is 2. The summed E-state index contributed by atoms with van der Waals surface area (Å²) in [6, 6.07) is 15.1. The Balaban J connectivity index is 1.68. The van der Waals surface area contributed by atoms with Gasteiger partial charge >= 0.3 is 0 Å². The second-order valence-corrected chi connectivity index (χ2v) is 9.47. The van der Waals surface area contributed by atoms with Crippen LogP contribution in [-0.4, -0.2) is 32.1 Å². The number of benzene rings is 3. The molecule has 0 aliphatic carbocycles. The Morgan fingerprint density at radius 2 is 1.74 bits per heavy atom. The first-order chi connectivity index (χ1) is 16.1. The average Bonchev–Trinajstić information content (AvgIpc) is 2.79. The fourth-order valence-corrected chi connectivity index (χ4v) is 4.54. The standard InChI is InChI=1S/C22H18BrN3O7S/c1-33-21-10-7-16(12-19(21)23)25-34(31,32)18-4-2-3-15(11-18)24-22(28)13-20(27)14-5-8-17(9-6-14)26(29)30/h2-12,25H,13H2,1H3,(H,24,28). The van der Waals surface area contributed by atoms with Crippen LogP contribution in [0.2, 0.25) is 0 Å². The van der Waals surface area contributed by atoms with Crippen molar-refractivity contribution in [1.29, 1.82) is 0 Å². The number of nitro groups is 1. The highest BCUT2D eigenvalue weighted by molar-refractivity contribution is 9.10. The molecule has 0 saturated heterocycles. The number of methoxy groups -OCH3 is 1. The first-order valence-corrected chi connectivity index (χ1v) is 11.9. The summed E-state index contributed by atoms with van der Waals surface area (Å²) in [6.07, 6.45) is -0.521. The Bertz CT molecular complexity index is 1360. The van der Waals surface area contributed by atoms with Crippen LogP contribution < -0.4 is 14.8 Å². The Kier molecular flexibility index (Phi) is 7.64. The number of nitrogens with zero attached hydrogens (tertiary/aromatic N) is 1. The first-order valence-electron chi connectivity index (χ1n) is 9.63. The van der Waals surface area contributed by atoms with Crippen molar-refractivity contribution in [2.24, 2.45) is 0 Å². The quantitative estimate of drug-likeness (QED) is 0.175. The molecule has 10 nitrogen and oxygen atoms in total. The lowest BCUT2D eigenvalue weighted by Crippen LogP contribution is -2.17. The maximum atomic E-state index is 12.8. The number of Topliss-reactive ketones (excluding diaryl/α,β-unsaturated/α-hetero) is 1. The summed E-state index contributed by atoms with van der Waals surface area (Å²) < 4.78 is 33.7. The van der Waals surface area contributed by atoms with E-state index in [0.29, 0.717) is 15.9 Å². The minimum atomic E-state index is -3.97. The lowest BCUT2D eigenvalue weighted by molar-refractivity contribution is -0.384. The molecule has 176 valence electrons. The van der Waals surface area contributed by atoms with Gasteiger partial charge in [-0.2, -0.15) is 0 Å². The van der Waals surface area contributed by atoms with Gasteiger partial charge in [-0.05, 0) is 64.5 Å². The van der Waals surface area contributed by atoms with Crippen LogP contribution in [0, 0.1) is 10.1 Å². The minimum Gasteiger partial charge on any atom is -0.496 e. The number of halogens is 1. The van der Waals surface area contributed by atoms with Crippen molar-refractivity contribution in [3.63, 3.8) is 0 Å². The summed E-state index contributed by atoms with van der Waals surface area (Å²) in [4.78, 5) is 34.6. The topological polar surface area (TPSA) is 145 Å². The highest BCUT2D eigenvalue weighted by atomic mass is 79.9. The molecule has 3 aromatic rings. The molecule has 1 amide bonds. The van der Waals surface area contributed by atoms with Gasteiger partial charge in [0, 0.05) is 23.4 Å². The predicted molar refractivity (Wildman–Crippen MR) is 129 cm³/mol. The van der Waals surface area contributed by atoms with E-state index < -0.39 is 33.1 Å². The zero-order valence-electron chi connectivity index (χ0n) is 17.6. The van der Waals surface area contributed by atoms with E-state index in [9.17, 15) is 28.1 Å². The highest BCUT2D eigenvalue weighted by Gasteiger charge is 2.18. The van der Waals surface area contributed by atoms with E-state index >= 15 is 0 Å². The van der Waals surface area contributed by atoms with Gasteiger partial charge in [0.1, 0.15) is 5.75 Å². The molecule has 0 spiro atoms. The van der Waals surface area contributed by atoms with E-state index in [1.165, 1.54) is 61.7 Å². The van der Waals surface area contributed by atoms with Crippen LogP contribution in [-0.2, 0) is 14.8 Å². The van der Waals surface area contributed by atoms with Gasteiger partial charge in [0.25, 0.3) is 15.7 Å². The zero-order valence-corrected chi connectivity index (χ0v) is 20.1. The van der Waals surface area contributed by atoms with Crippen LogP contribution in [0.25, 0.3) is 0 Å². The predicted octanol–water partition coefficient (Wildman–Crippen LogP) is 4.38. The van der Waals surface area contributed by atoms with Gasteiger partial charge in [0.2, 0.25) is 5.91 Å². The molecule has 3 aromatic carbocycles. The number of ketones is 1. The van der Waals surface area contributed by atoms with Crippen molar-refractivity contribution in [2.45, 2.75) is 11.3 Å². The molecule has 0 aromatic heterocycles. The summed E-state index contributed by atoms with van der Waals surface area (Å²) in [5.74, 6) is -0.663. The fraction of sp³-hybridized carbons (Fsp3) is 0.0909. The second-order valence-electron chi connectivity index (χ2n) is 6.93. The first kappa shape index (κ1) is 24.9. The molecule has 0 aliphatic rings. The SMILES string of the molecule is COc1ccc(NS(=O)(=O)c2cccc(NC(=O)CC(=O)c3ccc([N+](=O)[O-])cc3)c2)cc1Br. The molecule has 0 bridgehead atoms. The Morgan fingerprint density at radius 3 is 2.35 bits per heavy atom. The third-order valence-electron chi connectivity index (χ3n) is 4.55. The highest BCUT2D eigenvalue weighted by Crippen LogP contribution is 2.29. The fourth-order valence-electron chi connectivity index (χ4n) is 2.91. The van der Waals surface area contributed by atoms with E-state index in [2.05, 4.69) is 26.0 Å². The number of sulfonamides is 1. The van der Waals surface area contributed by atoms with Crippen molar-refractivity contribution in [3.05, 3.63) is 86.9 Å². The van der Waals surface area contributed by atoms with Gasteiger partial charge in [0.15, 0.2) is 5.78 Å². The molecule has 2 N–H and O–H groups in total. The number of amides is 1. The molecule has 12 heteroatoms. The summed E-state index contributed by atoms with van der Waals surface area (Å²) >= 11 is 3.29. The van der Waals surface area contributed by atoms with Gasteiger partial charge in [-0.1, -0.05) is 6.07 Å². The molecule has 0 saturated carbocycles. The molecule has 0 aliphatic heterocycles. The Morgan fingerprint density at radius 1 is 1.03 bits per heavy atom. The van der Waals surface area contributed by atoms with Crippen molar-refractivity contribution < 1.29 is 27.7 Å². The Labute approximate surface area is 203 Å². The Hall–Kier alpha value is -3.77. The number of hydrogen-bond acceptors (Lipinski definition) is 7. The van der Waals surface area contributed by atoms with Crippen LogP contribution in [0.4, 0.5) is 17.1 Å². The maximum absolute atomic E-state index is 12.8. The average molecular weight is 548 g/mol. The second kappa shape index (κ2) is 10.4. The van der Waals surface area contributed by atoms with Gasteiger partial charge in [0.05, 0.1) is 33.5 Å². The van der Waals surface area contributed by atoms with Crippen molar-refractivity contribution in [1.82, 2.24) is 0 Å². The molecule has 34 heavy (non-hydrogen) atoms. The molecule has 0 unspecified atom stereocenters. The van der Waals surface area contributed by atoms with E-state index in [0.717, 1.165) is 0 Å². The normalized spacial score (nSPS) is 10.9. The maximum Gasteiger partial charge on any atom is 0.269 e. The lowest BCUT2D eigenvalue weighted by Gasteiger charge is -2.11. The van der Waals surface area contributed by atoms with Crippen LogP contribution in [0.3, 0.4) is 0 Å². The number of nitro benzene ring substituents is 1. The van der Waals surface area contributed by atoms with E-state index in [-0.39, 0.29) is 21.8 Å². The number of nitrogens with one attached hydrogen (secondary N) is 2. The third kappa shape index (κ3) is 6.17. The summed E-state index contributed by atoms with van der Waals surface area (Å²) in [5.41, 5.74) is 0.456. The number of carbonyl (C=O) groups excluding carboxylic acids is 2. The van der Waals surface area contributed by atoms with Gasteiger partial charge in [-0.15, -0.1) is 0 Å². The molecule has 0 fully saturated rings.